The van der Waals surface area contributed by atoms with Gasteiger partial charge in [-0.3, -0.25) is 0 Å². The van der Waals surface area contributed by atoms with E-state index in [1.54, 1.807) is 18.2 Å². The van der Waals surface area contributed by atoms with Gasteiger partial charge in [0, 0.05) is 17.3 Å². The topological polar surface area (TPSA) is 61.4 Å². The highest BCUT2D eigenvalue weighted by atomic mass is 16.2. The van der Waals surface area contributed by atoms with E-state index in [9.17, 15) is 4.79 Å². The van der Waals surface area contributed by atoms with Gasteiger partial charge in [0.2, 0.25) is 0 Å². The molecule has 17 heavy (non-hydrogen) atoms. The fraction of sp³-hybridized carbons (Fsp3) is 0.308. The summed E-state index contributed by atoms with van der Waals surface area (Å²) >= 11 is 0. The molecule has 0 unspecified atom stereocenters. The van der Waals surface area contributed by atoms with Crippen molar-refractivity contribution in [3.63, 3.8) is 0 Å². The smallest absolute Gasteiger partial charge is 0.319 e. The number of aliphatic hydroxyl groups excluding tert-OH is 1. The molecule has 2 amide bonds. The molecule has 1 aromatic carbocycles. The third-order valence-corrected chi connectivity index (χ3v) is 1.85. The zero-order valence-corrected chi connectivity index (χ0v) is 9.95. The van der Waals surface area contributed by atoms with Crippen molar-refractivity contribution in [1.82, 2.24) is 5.32 Å². The van der Waals surface area contributed by atoms with Crippen LogP contribution in [-0.4, -0.2) is 23.8 Å². The third-order valence-electron chi connectivity index (χ3n) is 1.85. The molecule has 0 fully saturated rings. The van der Waals surface area contributed by atoms with Gasteiger partial charge < -0.3 is 15.7 Å². The van der Waals surface area contributed by atoms with Crippen LogP contribution in [0.4, 0.5) is 10.5 Å². The van der Waals surface area contributed by atoms with Crippen LogP contribution in [0.5, 0.6) is 0 Å². The Labute approximate surface area is 101 Å². The summed E-state index contributed by atoms with van der Waals surface area (Å²) in [5.41, 5.74) is 1.43. The van der Waals surface area contributed by atoms with Crippen LogP contribution >= 0.6 is 0 Å². The maximum atomic E-state index is 11.4. The van der Waals surface area contributed by atoms with Gasteiger partial charge in [-0.15, -0.1) is 0 Å². The van der Waals surface area contributed by atoms with Gasteiger partial charge in [0.05, 0.1) is 0 Å². The van der Waals surface area contributed by atoms with Gasteiger partial charge in [0.15, 0.2) is 0 Å². The van der Waals surface area contributed by atoms with E-state index >= 15 is 0 Å². The molecule has 0 aromatic heterocycles. The van der Waals surface area contributed by atoms with E-state index in [0.29, 0.717) is 5.69 Å². The van der Waals surface area contributed by atoms with Crippen LogP contribution < -0.4 is 10.6 Å². The Balaban J connectivity index is 2.68. The summed E-state index contributed by atoms with van der Waals surface area (Å²) in [5, 5.41) is 14.0. The first-order chi connectivity index (χ1) is 8.11. The predicted octanol–water partition coefficient (Wildman–Crippen LogP) is 1.56. The lowest BCUT2D eigenvalue weighted by molar-refractivity contribution is 0.250. The standard InChI is InChI=1S/C13H16N2O2/c1-10(2)14-13(17)15-12-7-3-5-11(9-12)6-4-8-16/h3,5,7,9-10,16H,8H2,1-2H3,(H2,14,15,17). The molecule has 1 aromatic rings. The van der Waals surface area contributed by atoms with Gasteiger partial charge in [-0.25, -0.2) is 4.79 Å². The number of hydrogen-bond acceptors (Lipinski definition) is 2. The molecule has 0 saturated heterocycles. The van der Waals surface area contributed by atoms with Crippen LogP contribution in [0.3, 0.4) is 0 Å². The molecule has 0 heterocycles. The molecule has 0 aliphatic heterocycles. The van der Waals surface area contributed by atoms with Gasteiger partial charge >= 0.3 is 6.03 Å². The molecule has 0 saturated carbocycles. The van der Waals surface area contributed by atoms with Gasteiger partial charge in [-0.05, 0) is 32.0 Å². The Morgan fingerprint density at radius 3 is 2.88 bits per heavy atom. The highest BCUT2D eigenvalue weighted by Gasteiger charge is 2.02. The van der Waals surface area contributed by atoms with Crippen LogP contribution in [-0.2, 0) is 0 Å². The third kappa shape index (κ3) is 5.05. The van der Waals surface area contributed by atoms with Crippen molar-refractivity contribution in [2.24, 2.45) is 0 Å². The van der Waals surface area contributed by atoms with E-state index in [-0.39, 0.29) is 18.7 Å². The summed E-state index contributed by atoms with van der Waals surface area (Å²) in [6, 6.07) is 6.99. The fourth-order valence-electron chi connectivity index (χ4n) is 1.25. The number of urea groups is 1. The van der Waals surface area contributed by atoms with Crippen LogP contribution in [0.2, 0.25) is 0 Å². The molecule has 90 valence electrons. The van der Waals surface area contributed by atoms with E-state index in [1.807, 2.05) is 19.9 Å². The lowest BCUT2D eigenvalue weighted by atomic mass is 10.2. The largest absolute Gasteiger partial charge is 0.384 e. The van der Waals surface area contributed by atoms with Crippen LogP contribution in [0.25, 0.3) is 0 Å². The van der Waals surface area contributed by atoms with Crippen molar-refractivity contribution in [2.75, 3.05) is 11.9 Å². The summed E-state index contributed by atoms with van der Waals surface area (Å²) in [6.45, 7) is 3.61. The molecule has 0 aliphatic rings. The lowest BCUT2D eigenvalue weighted by Gasteiger charge is -2.10. The van der Waals surface area contributed by atoms with Gasteiger partial charge in [-0.2, -0.15) is 0 Å². The normalized spacial score (nSPS) is 9.41. The molecule has 0 bridgehead atoms. The summed E-state index contributed by atoms with van der Waals surface area (Å²) in [5.74, 6) is 5.33. The number of carbonyl (C=O) groups is 1. The Morgan fingerprint density at radius 1 is 1.47 bits per heavy atom. The van der Waals surface area contributed by atoms with E-state index in [0.717, 1.165) is 5.56 Å². The van der Waals surface area contributed by atoms with E-state index in [2.05, 4.69) is 22.5 Å². The fourth-order valence-corrected chi connectivity index (χ4v) is 1.25. The SMILES string of the molecule is CC(C)NC(=O)Nc1cccc(C#CCO)c1. The molecule has 4 nitrogen and oxygen atoms in total. The van der Waals surface area contributed by atoms with E-state index < -0.39 is 0 Å². The van der Waals surface area contributed by atoms with Crippen LogP contribution in [0.1, 0.15) is 19.4 Å². The number of amides is 2. The minimum atomic E-state index is -0.243. The summed E-state index contributed by atoms with van der Waals surface area (Å²) in [4.78, 5) is 11.4. The molecule has 4 heteroatoms. The van der Waals surface area contributed by atoms with Crippen molar-refractivity contribution < 1.29 is 9.90 Å². The second-order valence-electron chi connectivity index (χ2n) is 3.79. The minimum Gasteiger partial charge on any atom is -0.384 e. The van der Waals surface area contributed by atoms with Gasteiger partial charge in [0.1, 0.15) is 6.61 Å². The summed E-state index contributed by atoms with van der Waals surface area (Å²) in [6.07, 6.45) is 0. The quantitative estimate of drug-likeness (QED) is 0.678. The van der Waals surface area contributed by atoms with Crippen LogP contribution in [0.15, 0.2) is 24.3 Å². The summed E-state index contributed by atoms with van der Waals surface area (Å²) < 4.78 is 0. The second kappa shape index (κ2) is 6.56. The highest BCUT2D eigenvalue weighted by Crippen LogP contribution is 2.09. The van der Waals surface area contributed by atoms with Crippen molar-refractivity contribution in [3.8, 4) is 11.8 Å². The Kier molecular flexibility index (Phi) is 5.05. The lowest BCUT2D eigenvalue weighted by Crippen LogP contribution is -2.34. The van der Waals surface area contributed by atoms with Gasteiger partial charge in [0.25, 0.3) is 0 Å². The first-order valence-corrected chi connectivity index (χ1v) is 5.39. The molecular weight excluding hydrogens is 216 g/mol. The number of hydrogen-bond donors (Lipinski definition) is 3. The Morgan fingerprint density at radius 2 is 2.24 bits per heavy atom. The highest BCUT2D eigenvalue weighted by molar-refractivity contribution is 5.89. The number of nitrogens with one attached hydrogen (secondary N) is 2. The maximum absolute atomic E-state index is 11.4. The predicted molar refractivity (Wildman–Crippen MR) is 67.7 cm³/mol. The van der Waals surface area contributed by atoms with Crippen molar-refractivity contribution in [1.29, 1.82) is 0 Å². The van der Waals surface area contributed by atoms with Crippen molar-refractivity contribution in [2.45, 2.75) is 19.9 Å². The molecule has 0 radical (unpaired) electrons. The monoisotopic (exact) mass is 232 g/mol. The number of aliphatic hydroxyl groups is 1. The molecule has 0 atom stereocenters. The Bertz CT molecular complexity index is 444. The average molecular weight is 232 g/mol. The first-order valence-electron chi connectivity index (χ1n) is 5.39. The first kappa shape index (κ1) is 13.1. The van der Waals surface area contributed by atoms with Crippen LogP contribution in [0, 0.1) is 11.8 Å². The number of carbonyl (C=O) groups excluding carboxylic acids is 1. The van der Waals surface area contributed by atoms with E-state index in [1.165, 1.54) is 0 Å². The van der Waals surface area contributed by atoms with Gasteiger partial charge in [-0.1, -0.05) is 17.9 Å². The molecule has 0 aliphatic carbocycles. The maximum Gasteiger partial charge on any atom is 0.319 e. The summed E-state index contributed by atoms with van der Waals surface area (Å²) in [7, 11) is 0. The average Bonchev–Trinajstić information content (AvgIpc) is 2.25. The zero-order valence-electron chi connectivity index (χ0n) is 9.95. The minimum absolute atomic E-state index is 0.0902. The molecule has 1 rings (SSSR count). The molecule has 0 spiro atoms. The van der Waals surface area contributed by atoms with Crippen molar-refractivity contribution >= 4 is 11.7 Å². The molecular formula is C13H16N2O2. The Hall–Kier alpha value is -1.99. The zero-order chi connectivity index (χ0) is 12.7. The van der Waals surface area contributed by atoms with E-state index in [4.69, 9.17) is 5.11 Å². The second-order valence-corrected chi connectivity index (χ2v) is 3.79. The molecule has 3 N–H and O–H groups in total. The number of rotatable bonds is 2. The number of benzene rings is 1. The number of anilines is 1. The van der Waals surface area contributed by atoms with Crippen molar-refractivity contribution in [3.05, 3.63) is 29.8 Å².